The molecule has 1 aromatic rings. The molecule has 0 aliphatic carbocycles. The zero-order chi connectivity index (χ0) is 19.8. The van der Waals surface area contributed by atoms with Crippen molar-refractivity contribution in [3.63, 3.8) is 0 Å². The average Bonchev–Trinajstić information content (AvgIpc) is 3.10. The van der Waals surface area contributed by atoms with Crippen molar-refractivity contribution in [2.45, 2.75) is 39.7 Å². The van der Waals surface area contributed by atoms with Crippen LogP contribution in [-0.2, 0) is 11.2 Å². The maximum atomic E-state index is 12.1. The van der Waals surface area contributed by atoms with Gasteiger partial charge in [0, 0.05) is 43.2 Å². The number of halogens is 1. The molecular weight excluding hydrogens is 364 g/mol. The molecule has 1 saturated heterocycles. The third-order valence-corrected chi connectivity index (χ3v) is 4.94. The van der Waals surface area contributed by atoms with Crippen molar-refractivity contribution in [2.75, 3.05) is 33.3 Å². The molecule has 1 amide bonds. The van der Waals surface area contributed by atoms with E-state index in [0.717, 1.165) is 49.7 Å². The molecule has 7 heteroatoms. The minimum Gasteiger partial charge on any atom is -0.497 e. The standard InChI is InChI=1S/C20H31ClN4O2/c1-5-22-20(24-16-9-11-25(13-16)19(26)14(2)3)23-10-8-15-6-7-17(27-4)12-18(15)21/h6-7,12,14,16H,5,8-11,13H2,1-4H3,(H2,22,23,24). The Morgan fingerprint density at radius 2 is 2.22 bits per heavy atom. The van der Waals surface area contributed by atoms with Crippen LogP contribution in [0.15, 0.2) is 23.2 Å². The second kappa shape index (κ2) is 10.4. The molecule has 0 aromatic heterocycles. The third kappa shape index (κ3) is 6.31. The number of amides is 1. The molecule has 2 rings (SSSR count). The number of carbonyl (C=O) groups is 1. The van der Waals surface area contributed by atoms with Gasteiger partial charge in [0.05, 0.1) is 7.11 Å². The molecule has 0 saturated carbocycles. The zero-order valence-electron chi connectivity index (χ0n) is 16.7. The van der Waals surface area contributed by atoms with E-state index in [2.05, 4.69) is 15.6 Å². The summed E-state index contributed by atoms with van der Waals surface area (Å²) in [5, 5.41) is 7.43. The van der Waals surface area contributed by atoms with E-state index in [1.807, 2.05) is 43.9 Å². The van der Waals surface area contributed by atoms with Gasteiger partial charge in [0.15, 0.2) is 5.96 Å². The minimum atomic E-state index is 0.0416. The smallest absolute Gasteiger partial charge is 0.225 e. The number of rotatable bonds is 7. The summed E-state index contributed by atoms with van der Waals surface area (Å²) in [6.07, 6.45) is 1.69. The van der Waals surface area contributed by atoms with Crippen molar-refractivity contribution in [3.05, 3.63) is 28.8 Å². The Hall–Kier alpha value is -1.95. The maximum absolute atomic E-state index is 12.1. The molecule has 1 aromatic carbocycles. The van der Waals surface area contributed by atoms with Gasteiger partial charge in [-0.25, -0.2) is 0 Å². The number of ether oxygens (including phenoxy) is 1. The van der Waals surface area contributed by atoms with Gasteiger partial charge in [-0.15, -0.1) is 0 Å². The summed E-state index contributed by atoms with van der Waals surface area (Å²) in [6, 6.07) is 5.94. The number of aliphatic imine (C=N–C) groups is 1. The molecule has 1 aliphatic heterocycles. The van der Waals surface area contributed by atoms with E-state index in [1.165, 1.54) is 0 Å². The van der Waals surface area contributed by atoms with Crippen LogP contribution in [0, 0.1) is 5.92 Å². The van der Waals surface area contributed by atoms with Crippen molar-refractivity contribution in [3.8, 4) is 5.75 Å². The fraction of sp³-hybridized carbons (Fsp3) is 0.600. The summed E-state index contributed by atoms with van der Waals surface area (Å²) < 4.78 is 5.18. The number of hydrogen-bond acceptors (Lipinski definition) is 3. The van der Waals surface area contributed by atoms with Gasteiger partial charge in [-0.05, 0) is 37.5 Å². The topological polar surface area (TPSA) is 66.0 Å². The highest BCUT2D eigenvalue weighted by Gasteiger charge is 2.27. The predicted octanol–water partition coefficient (Wildman–Crippen LogP) is 2.70. The van der Waals surface area contributed by atoms with Gasteiger partial charge in [0.2, 0.25) is 5.91 Å². The van der Waals surface area contributed by atoms with E-state index in [9.17, 15) is 4.79 Å². The van der Waals surface area contributed by atoms with Crippen LogP contribution >= 0.6 is 11.6 Å². The number of nitrogens with zero attached hydrogens (tertiary/aromatic N) is 2. The first-order valence-corrected chi connectivity index (χ1v) is 9.98. The molecular formula is C20H31ClN4O2. The second-order valence-electron chi connectivity index (χ2n) is 7.04. The Morgan fingerprint density at radius 1 is 1.44 bits per heavy atom. The van der Waals surface area contributed by atoms with Gasteiger partial charge in [0.25, 0.3) is 0 Å². The molecule has 0 radical (unpaired) electrons. The molecule has 2 N–H and O–H groups in total. The first-order chi connectivity index (χ1) is 12.9. The Balaban J connectivity index is 1.90. The van der Waals surface area contributed by atoms with Gasteiger partial charge in [-0.2, -0.15) is 0 Å². The fourth-order valence-electron chi connectivity index (χ4n) is 3.10. The molecule has 1 aliphatic rings. The minimum absolute atomic E-state index is 0.0416. The third-order valence-electron chi connectivity index (χ3n) is 4.59. The molecule has 0 spiro atoms. The van der Waals surface area contributed by atoms with Gasteiger partial charge in [-0.1, -0.05) is 31.5 Å². The number of carbonyl (C=O) groups excluding carboxylic acids is 1. The van der Waals surface area contributed by atoms with Crippen LogP contribution in [0.3, 0.4) is 0 Å². The normalized spacial score (nSPS) is 17.3. The van der Waals surface area contributed by atoms with Crippen LogP contribution in [0.25, 0.3) is 0 Å². The van der Waals surface area contributed by atoms with E-state index in [-0.39, 0.29) is 17.9 Å². The number of guanidine groups is 1. The Kier molecular flexibility index (Phi) is 8.23. The van der Waals surface area contributed by atoms with E-state index in [0.29, 0.717) is 11.6 Å². The molecule has 1 fully saturated rings. The second-order valence-corrected chi connectivity index (χ2v) is 7.44. The lowest BCUT2D eigenvalue weighted by atomic mass is 10.1. The first kappa shape index (κ1) is 21.4. The van der Waals surface area contributed by atoms with Crippen molar-refractivity contribution in [1.29, 1.82) is 0 Å². The monoisotopic (exact) mass is 394 g/mol. The van der Waals surface area contributed by atoms with E-state index >= 15 is 0 Å². The van der Waals surface area contributed by atoms with Gasteiger partial charge >= 0.3 is 0 Å². The summed E-state index contributed by atoms with van der Waals surface area (Å²) in [7, 11) is 1.63. The highest BCUT2D eigenvalue weighted by atomic mass is 35.5. The molecule has 1 heterocycles. The van der Waals surface area contributed by atoms with Crippen LogP contribution in [-0.4, -0.2) is 56.1 Å². The Morgan fingerprint density at radius 3 is 2.85 bits per heavy atom. The molecule has 6 nitrogen and oxygen atoms in total. The van der Waals surface area contributed by atoms with Crippen LogP contribution in [0.1, 0.15) is 32.8 Å². The molecule has 1 unspecified atom stereocenters. The van der Waals surface area contributed by atoms with Gasteiger partial charge < -0.3 is 20.3 Å². The van der Waals surface area contributed by atoms with E-state index in [4.69, 9.17) is 16.3 Å². The lowest BCUT2D eigenvalue weighted by molar-refractivity contribution is -0.133. The number of methoxy groups -OCH3 is 1. The number of likely N-dealkylation sites (tertiary alicyclic amines) is 1. The number of hydrogen-bond donors (Lipinski definition) is 2. The largest absolute Gasteiger partial charge is 0.497 e. The molecule has 1 atom stereocenters. The van der Waals surface area contributed by atoms with Crippen molar-refractivity contribution in [1.82, 2.24) is 15.5 Å². The highest BCUT2D eigenvalue weighted by molar-refractivity contribution is 6.31. The van der Waals surface area contributed by atoms with Crippen LogP contribution < -0.4 is 15.4 Å². The quantitative estimate of drug-likeness (QED) is 0.551. The van der Waals surface area contributed by atoms with Crippen LogP contribution in [0.5, 0.6) is 5.75 Å². The lowest BCUT2D eigenvalue weighted by Gasteiger charge is -2.20. The average molecular weight is 395 g/mol. The highest BCUT2D eigenvalue weighted by Crippen LogP contribution is 2.22. The maximum Gasteiger partial charge on any atom is 0.225 e. The first-order valence-electron chi connectivity index (χ1n) is 9.60. The zero-order valence-corrected chi connectivity index (χ0v) is 17.5. The van der Waals surface area contributed by atoms with Gasteiger partial charge in [-0.3, -0.25) is 9.79 Å². The molecule has 150 valence electrons. The molecule has 0 bridgehead atoms. The molecule has 27 heavy (non-hydrogen) atoms. The van der Waals surface area contributed by atoms with Crippen molar-refractivity contribution >= 4 is 23.5 Å². The summed E-state index contributed by atoms with van der Waals surface area (Å²) in [5.41, 5.74) is 1.05. The van der Waals surface area contributed by atoms with E-state index in [1.54, 1.807) is 7.11 Å². The van der Waals surface area contributed by atoms with Crippen molar-refractivity contribution < 1.29 is 9.53 Å². The van der Waals surface area contributed by atoms with Crippen LogP contribution in [0.4, 0.5) is 0 Å². The summed E-state index contributed by atoms with van der Waals surface area (Å²) in [4.78, 5) is 18.7. The van der Waals surface area contributed by atoms with Crippen LogP contribution in [0.2, 0.25) is 5.02 Å². The fourth-order valence-corrected chi connectivity index (χ4v) is 3.37. The Labute approximate surface area is 167 Å². The summed E-state index contributed by atoms with van der Waals surface area (Å²) in [5.74, 6) is 1.80. The lowest BCUT2D eigenvalue weighted by Crippen LogP contribution is -2.45. The SMILES string of the molecule is CCNC(=NCCc1ccc(OC)cc1Cl)NC1CCN(C(=O)C(C)C)C1. The predicted molar refractivity (Wildman–Crippen MR) is 111 cm³/mol. The van der Waals surface area contributed by atoms with E-state index < -0.39 is 0 Å². The number of nitrogens with one attached hydrogen (secondary N) is 2. The Bertz CT molecular complexity index is 663. The summed E-state index contributed by atoms with van der Waals surface area (Å²) in [6.45, 7) is 8.87. The van der Waals surface area contributed by atoms with Gasteiger partial charge in [0.1, 0.15) is 5.75 Å². The summed E-state index contributed by atoms with van der Waals surface area (Å²) >= 11 is 6.30. The number of benzene rings is 1. The van der Waals surface area contributed by atoms with Crippen molar-refractivity contribution in [2.24, 2.45) is 10.9 Å².